The second-order valence-corrected chi connectivity index (χ2v) is 7.30. The molecule has 18 heavy (non-hydrogen) atoms. The van der Waals surface area contributed by atoms with Gasteiger partial charge in [0.2, 0.25) is 10.0 Å². The van der Waals surface area contributed by atoms with E-state index in [-0.39, 0.29) is 11.8 Å². The second kappa shape index (κ2) is 5.69. The van der Waals surface area contributed by atoms with Gasteiger partial charge in [-0.25, -0.2) is 13.6 Å². The summed E-state index contributed by atoms with van der Waals surface area (Å²) in [7, 11) is -3.39. The van der Waals surface area contributed by atoms with Crippen molar-refractivity contribution in [2.75, 3.05) is 12.3 Å². The summed E-state index contributed by atoms with van der Waals surface area (Å²) in [4.78, 5) is 2.20. The third kappa shape index (κ3) is 4.05. The maximum absolute atomic E-state index is 11.2. The first-order valence-electron chi connectivity index (χ1n) is 5.93. The van der Waals surface area contributed by atoms with E-state index < -0.39 is 10.0 Å². The van der Waals surface area contributed by atoms with Crippen LogP contribution in [0, 0.1) is 0 Å². The van der Waals surface area contributed by atoms with Crippen LogP contribution >= 0.6 is 15.9 Å². The Labute approximate surface area is 116 Å². The molecule has 1 atom stereocenters. The summed E-state index contributed by atoms with van der Waals surface area (Å²) in [6, 6.07) is 8.14. The standard InChI is InChI=1S/C12H17BrN2O2S/c13-11-4-1-3-10(7-11)8-15-6-2-5-12(15)9-18(14,16)17/h1,3-4,7,12H,2,5-6,8-9H2,(H2,14,16,17). The van der Waals surface area contributed by atoms with Gasteiger partial charge in [-0.3, -0.25) is 4.90 Å². The number of sulfonamides is 1. The van der Waals surface area contributed by atoms with Crippen molar-refractivity contribution in [3.8, 4) is 0 Å². The molecule has 1 aromatic rings. The zero-order valence-electron chi connectivity index (χ0n) is 10.0. The van der Waals surface area contributed by atoms with Gasteiger partial charge in [0.05, 0.1) is 5.75 Å². The SMILES string of the molecule is NS(=O)(=O)CC1CCCN1Cc1cccc(Br)c1. The number of primary sulfonamides is 1. The molecule has 0 aliphatic carbocycles. The van der Waals surface area contributed by atoms with E-state index in [0.717, 1.165) is 30.4 Å². The van der Waals surface area contributed by atoms with E-state index in [1.165, 1.54) is 5.56 Å². The molecule has 1 fully saturated rings. The molecule has 0 spiro atoms. The van der Waals surface area contributed by atoms with Crippen LogP contribution in [0.2, 0.25) is 0 Å². The van der Waals surface area contributed by atoms with Gasteiger partial charge in [0.15, 0.2) is 0 Å². The van der Waals surface area contributed by atoms with Crippen molar-refractivity contribution in [2.45, 2.75) is 25.4 Å². The smallest absolute Gasteiger partial charge is 0.210 e. The topological polar surface area (TPSA) is 63.4 Å². The van der Waals surface area contributed by atoms with Gasteiger partial charge in [0.25, 0.3) is 0 Å². The molecule has 0 amide bonds. The fraction of sp³-hybridized carbons (Fsp3) is 0.500. The monoisotopic (exact) mass is 332 g/mol. The number of nitrogens with two attached hydrogens (primary N) is 1. The van der Waals surface area contributed by atoms with Crippen molar-refractivity contribution in [2.24, 2.45) is 5.14 Å². The van der Waals surface area contributed by atoms with Crippen LogP contribution < -0.4 is 5.14 Å². The fourth-order valence-electron chi connectivity index (χ4n) is 2.43. The molecule has 6 heteroatoms. The molecule has 1 aromatic carbocycles. The van der Waals surface area contributed by atoms with E-state index in [1.54, 1.807) is 0 Å². The summed E-state index contributed by atoms with van der Waals surface area (Å²) in [5.41, 5.74) is 1.19. The van der Waals surface area contributed by atoms with E-state index >= 15 is 0 Å². The first-order valence-corrected chi connectivity index (χ1v) is 8.44. The van der Waals surface area contributed by atoms with Crippen molar-refractivity contribution in [1.82, 2.24) is 4.90 Å². The number of benzene rings is 1. The maximum atomic E-state index is 11.2. The van der Waals surface area contributed by atoms with Crippen molar-refractivity contribution in [3.63, 3.8) is 0 Å². The maximum Gasteiger partial charge on any atom is 0.210 e. The van der Waals surface area contributed by atoms with E-state index in [9.17, 15) is 8.42 Å². The Hall–Kier alpha value is -0.430. The van der Waals surface area contributed by atoms with E-state index in [0.29, 0.717) is 0 Å². The molecule has 1 unspecified atom stereocenters. The Balaban J connectivity index is 2.04. The summed E-state index contributed by atoms with van der Waals surface area (Å²) in [5.74, 6) is 0.0566. The summed E-state index contributed by atoms with van der Waals surface area (Å²) < 4.78 is 23.4. The average molecular weight is 333 g/mol. The molecule has 100 valence electrons. The van der Waals surface area contributed by atoms with E-state index in [2.05, 4.69) is 33.0 Å². The highest BCUT2D eigenvalue weighted by Crippen LogP contribution is 2.22. The summed E-state index contributed by atoms with van der Waals surface area (Å²) >= 11 is 3.44. The predicted molar refractivity (Wildman–Crippen MR) is 75.5 cm³/mol. The Bertz CT molecular complexity index is 519. The summed E-state index contributed by atoms with van der Waals surface area (Å²) in [5, 5.41) is 5.13. The molecule has 0 saturated carbocycles. The fourth-order valence-corrected chi connectivity index (χ4v) is 3.79. The summed E-state index contributed by atoms with van der Waals surface area (Å²) in [6.45, 7) is 1.71. The molecule has 1 aliphatic rings. The van der Waals surface area contributed by atoms with Gasteiger partial charge >= 0.3 is 0 Å². The van der Waals surface area contributed by atoms with Gasteiger partial charge in [-0.15, -0.1) is 0 Å². The zero-order valence-corrected chi connectivity index (χ0v) is 12.5. The molecule has 1 aliphatic heterocycles. The number of hydrogen-bond acceptors (Lipinski definition) is 3. The predicted octanol–water partition coefficient (Wildman–Crippen LogP) is 1.70. The number of rotatable bonds is 4. The third-order valence-corrected chi connectivity index (χ3v) is 4.54. The number of likely N-dealkylation sites (tertiary alicyclic amines) is 1. The van der Waals surface area contributed by atoms with Crippen molar-refractivity contribution in [3.05, 3.63) is 34.3 Å². The molecule has 1 heterocycles. The van der Waals surface area contributed by atoms with Gasteiger partial charge in [0.1, 0.15) is 0 Å². The highest BCUT2D eigenvalue weighted by molar-refractivity contribution is 9.10. The minimum atomic E-state index is -3.39. The highest BCUT2D eigenvalue weighted by atomic mass is 79.9. The second-order valence-electron chi connectivity index (χ2n) is 4.73. The average Bonchev–Trinajstić information content (AvgIpc) is 2.63. The van der Waals surface area contributed by atoms with Gasteiger partial charge in [-0.2, -0.15) is 0 Å². The first kappa shape index (κ1) is 14.0. The number of hydrogen-bond donors (Lipinski definition) is 1. The van der Waals surface area contributed by atoms with Gasteiger partial charge < -0.3 is 0 Å². The summed E-state index contributed by atoms with van der Waals surface area (Å²) in [6.07, 6.45) is 1.94. The Morgan fingerprint density at radius 3 is 2.89 bits per heavy atom. The largest absolute Gasteiger partial charge is 0.295 e. The lowest BCUT2D eigenvalue weighted by Gasteiger charge is -2.23. The van der Waals surface area contributed by atoms with Gasteiger partial charge in [-0.1, -0.05) is 28.1 Å². The van der Waals surface area contributed by atoms with Crippen LogP contribution in [-0.2, 0) is 16.6 Å². The van der Waals surface area contributed by atoms with Crippen LogP contribution in [0.1, 0.15) is 18.4 Å². The van der Waals surface area contributed by atoms with Crippen LogP contribution in [0.5, 0.6) is 0 Å². The number of halogens is 1. The lowest BCUT2D eigenvalue weighted by atomic mass is 10.2. The van der Waals surface area contributed by atoms with E-state index in [4.69, 9.17) is 5.14 Å². The molecular formula is C12H17BrN2O2S. The van der Waals surface area contributed by atoms with Crippen LogP contribution in [-0.4, -0.2) is 31.7 Å². The number of nitrogens with zero attached hydrogens (tertiary/aromatic N) is 1. The van der Waals surface area contributed by atoms with Crippen molar-refractivity contribution in [1.29, 1.82) is 0 Å². The Morgan fingerprint density at radius 2 is 2.22 bits per heavy atom. The van der Waals surface area contributed by atoms with Crippen LogP contribution in [0.15, 0.2) is 28.7 Å². The molecular weight excluding hydrogens is 316 g/mol. The van der Waals surface area contributed by atoms with Crippen molar-refractivity contribution < 1.29 is 8.42 Å². The van der Waals surface area contributed by atoms with Crippen LogP contribution in [0.4, 0.5) is 0 Å². The molecule has 4 nitrogen and oxygen atoms in total. The molecule has 2 N–H and O–H groups in total. The molecule has 1 saturated heterocycles. The lowest BCUT2D eigenvalue weighted by Crippen LogP contribution is -2.36. The lowest BCUT2D eigenvalue weighted by molar-refractivity contribution is 0.261. The quantitative estimate of drug-likeness (QED) is 0.912. The molecule has 0 radical (unpaired) electrons. The normalized spacial score (nSPS) is 21.3. The van der Waals surface area contributed by atoms with E-state index in [1.807, 2.05) is 12.1 Å². The Kier molecular flexibility index (Phi) is 4.42. The highest BCUT2D eigenvalue weighted by Gasteiger charge is 2.27. The first-order chi connectivity index (χ1) is 8.44. The van der Waals surface area contributed by atoms with Crippen LogP contribution in [0.25, 0.3) is 0 Å². The van der Waals surface area contributed by atoms with Gasteiger partial charge in [0, 0.05) is 17.1 Å². The minimum absolute atomic E-state index is 0.0546. The molecule has 2 rings (SSSR count). The molecule has 0 bridgehead atoms. The Morgan fingerprint density at radius 1 is 1.44 bits per heavy atom. The van der Waals surface area contributed by atoms with Crippen molar-refractivity contribution >= 4 is 26.0 Å². The van der Waals surface area contributed by atoms with Crippen LogP contribution in [0.3, 0.4) is 0 Å². The minimum Gasteiger partial charge on any atom is -0.295 e. The molecule has 0 aromatic heterocycles. The van der Waals surface area contributed by atoms with Gasteiger partial charge in [-0.05, 0) is 37.1 Å². The third-order valence-electron chi connectivity index (χ3n) is 3.20. The zero-order chi connectivity index (χ0) is 13.2.